The molecule has 0 atom stereocenters. The number of benzene rings is 2. The Morgan fingerprint density at radius 3 is 2.50 bits per heavy atom. The predicted molar refractivity (Wildman–Crippen MR) is 112 cm³/mol. The summed E-state index contributed by atoms with van der Waals surface area (Å²) in [5.41, 5.74) is 1.08. The van der Waals surface area contributed by atoms with Gasteiger partial charge in [-0.25, -0.2) is 0 Å². The van der Waals surface area contributed by atoms with Crippen LogP contribution in [0.4, 0.5) is 5.69 Å². The molecular formula is C21H20Cl2N2O3. The third-order valence-corrected chi connectivity index (χ3v) is 5.56. The van der Waals surface area contributed by atoms with Crippen molar-refractivity contribution in [2.45, 2.75) is 12.8 Å². The Balaban J connectivity index is 1.54. The van der Waals surface area contributed by atoms with Gasteiger partial charge in [0.05, 0.1) is 15.7 Å². The van der Waals surface area contributed by atoms with Gasteiger partial charge >= 0.3 is 0 Å². The first-order chi connectivity index (χ1) is 13.5. The van der Waals surface area contributed by atoms with Gasteiger partial charge in [-0.1, -0.05) is 47.5 Å². The van der Waals surface area contributed by atoms with E-state index in [2.05, 4.69) is 5.32 Å². The van der Waals surface area contributed by atoms with E-state index in [0.717, 1.165) is 0 Å². The van der Waals surface area contributed by atoms with Crippen molar-refractivity contribution in [3.05, 3.63) is 64.1 Å². The molecule has 7 heteroatoms. The fourth-order valence-corrected chi connectivity index (χ4v) is 3.46. The number of phenols is 1. The van der Waals surface area contributed by atoms with Crippen LogP contribution in [0, 0.1) is 5.92 Å². The van der Waals surface area contributed by atoms with Crippen molar-refractivity contribution >= 4 is 46.8 Å². The van der Waals surface area contributed by atoms with Gasteiger partial charge in [-0.2, -0.15) is 0 Å². The van der Waals surface area contributed by atoms with E-state index in [1.54, 1.807) is 47.4 Å². The van der Waals surface area contributed by atoms with Gasteiger partial charge in [-0.05, 0) is 42.7 Å². The van der Waals surface area contributed by atoms with E-state index in [1.165, 1.54) is 12.1 Å². The molecule has 0 bridgehead atoms. The van der Waals surface area contributed by atoms with Gasteiger partial charge in [0.25, 0.3) is 0 Å². The average Bonchev–Trinajstić information content (AvgIpc) is 2.70. The Morgan fingerprint density at radius 1 is 1.07 bits per heavy atom. The highest BCUT2D eigenvalue weighted by atomic mass is 35.5. The largest absolute Gasteiger partial charge is 0.506 e. The Kier molecular flexibility index (Phi) is 6.60. The van der Waals surface area contributed by atoms with Crippen LogP contribution in [-0.4, -0.2) is 34.9 Å². The SMILES string of the molecule is O=C(Nc1ccccc1O)C1CCN(C(=O)C=Cc2cccc(Cl)c2Cl)CC1. The number of phenolic OH excluding ortho intramolecular Hbond substituents is 1. The Morgan fingerprint density at radius 2 is 1.79 bits per heavy atom. The molecule has 1 fully saturated rings. The Hall–Kier alpha value is -2.50. The number of carbonyl (C=O) groups excluding carboxylic acids is 2. The van der Waals surface area contributed by atoms with E-state index in [9.17, 15) is 14.7 Å². The highest BCUT2D eigenvalue weighted by Gasteiger charge is 2.27. The fourth-order valence-electron chi connectivity index (χ4n) is 3.09. The second-order valence-corrected chi connectivity index (χ2v) is 7.37. The fraction of sp³-hybridized carbons (Fsp3) is 0.238. The third-order valence-electron chi connectivity index (χ3n) is 4.73. The second-order valence-electron chi connectivity index (χ2n) is 6.58. The highest BCUT2D eigenvalue weighted by molar-refractivity contribution is 6.42. The maximum atomic E-state index is 12.4. The minimum Gasteiger partial charge on any atom is -0.506 e. The molecule has 3 rings (SSSR count). The lowest BCUT2D eigenvalue weighted by Gasteiger charge is -2.30. The number of nitrogens with zero attached hydrogens (tertiary/aromatic N) is 1. The maximum Gasteiger partial charge on any atom is 0.246 e. The minimum atomic E-state index is -0.199. The second kappa shape index (κ2) is 9.13. The Bertz CT molecular complexity index is 906. The van der Waals surface area contributed by atoms with Crippen molar-refractivity contribution in [1.29, 1.82) is 0 Å². The van der Waals surface area contributed by atoms with Gasteiger partial charge in [-0.15, -0.1) is 0 Å². The molecule has 2 amide bonds. The highest BCUT2D eigenvalue weighted by Crippen LogP contribution is 2.27. The summed E-state index contributed by atoms with van der Waals surface area (Å²) in [5, 5.41) is 13.4. The van der Waals surface area contributed by atoms with Gasteiger partial charge < -0.3 is 15.3 Å². The number of aromatic hydroxyl groups is 1. The molecular weight excluding hydrogens is 399 g/mol. The number of halogens is 2. The number of para-hydroxylation sites is 2. The summed E-state index contributed by atoms with van der Waals surface area (Å²) < 4.78 is 0. The number of anilines is 1. The molecule has 0 aliphatic carbocycles. The molecule has 1 aliphatic heterocycles. The molecule has 1 aliphatic rings. The van der Waals surface area contributed by atoms with Crippen LogP contribution in [0.5, 0.6) is 5.75 Å². The van der Waals surface area contributed by atoms with Crippen molar-refractivity contribution < 1.29 is 14.7 Å². The van der Waals surface area contributed by atoms with Gasteiger partial charge in [0.1, 0.15) is 5.75 Å². The lowest BCUT2D eigenvalue weighted by Crippen LogP contribution is -2.40. The molecule has 2 aromatic rings. The standard InChI is InChI=1S/C21H20Cl2N2O3/c22-16-5-3-4-14(20(16)23)8-9-19(27)25-12-10-15(11-13-25)21(28)24-17-6-1-2-7-18(17)26/h1-9,15,26H,10-13H2,(H,24,28). The summed E-state index contributed by atoms with van der Waals surface area (Å²) in [6.07, 6.45) is 4.25. The van der Waals surface area contributed by atoms with E-state index in [0.29, 0.717) is 47.2 Å². The number of rotatable bonds is 4. The van der Waals surface area contributed by atoms with Crippen LogP contribution in [0.25, 0.3) is 6.08 Å². The molecule has 0 spiro atoms. The topological polar surface area (TPSA) is 69.6 Å². The van der Waals surface area contributed by atoms with Gasteiger partial charge in [0.15, 0.2) is 0 Å². The van der Waals surface area contributed by atoms with E-state index >= 15 is 0 Å². The van der Waals surface area contributed by atoms with E-state index < -0.39 is 0 Å². The lowest BCUT2D eigenvalue weighted by molar-refractivity contribution is -0.130. The quantitative estimate of drug-likeness (QED) is 0.563. The number of amides is 2. The molecule has 5 nitrogen and oxygen atoms in total. The predicted octanol–water partition coefficient (Wildman–Crippen LogP) is 4.59. The molecule has 1 saturated heterocycles. The summed E-state index contributed by atoms with van der Waals surface area (Å²) in [4.78, 5) is 26.5. The number of likely N-dealkylation sites (tertiary alicyclic amines) is 1. The van der Waals surface area contributed by atoms with Gasteiger partial charge in [0.2, 0.25) is 11.8 Å². The van der Waals surface area contributed by atoms with Crippen LogP contribution in [0.3, 0.4) is 0 Å². The molecule has 2 aromatic carbocycles. The smallest absolute Gasteiger partial charge is 0.246 e. The van der Waals surface area contributed by atoms with Crippen LogP contribution in [0.1, 0.15) is 18.4 Å². The molecule has 1 heterocycles. The minimum absolute atomic E-state index is 0.0354. The lowest BCUT2D eigenvalue weighted by atomic mass is 9.95. The molecule has 0 unspecified atom stereocenters. The molecule has 0 aromatic heterocycles. The van der Waals surface area contributed by atoms with Gasteiger partial charge in [-0.3, -0.25) is 9.59 Å². The third kappa shape index (κ3) is 4.86. The molecule has 0 radical (unpaired) electrons. The number of nitrogens with one attached hydrogen (secondary N) is 1. The zero-order valence-electron chi connectivity index (χ0n) is 15.1. The molecule has 28 heavy (non-hydrogen) atoms. The van der Waals surface area contributed by atoms with E-state index in [-0.39, 0.29) is 23.5 Å². The summed E-state index contributed by atoms with van der Waals surface area (Å²) in [7, 11) is 0. The molecule has 0 saturated carbocycles. The number of hydrogen-bond donors (Lipinski definition) is 2. The van der Waals surface area contributed by atoms with Crippen molar-refractivity contribution in [2.24, 2.45) is 5.92 Å². The van der Waals surface area contributed by atoms with Crippen molar-refractivity contribution in [1.82, 2.24) is 4.90 Å². The molecule has 2 N–H and O–H groups in total. The first-order valence-electron chi connectivity index (χ1n) is 8.95. The van der Waals surface area contributed by atoms with E-state index in [1.807, 2.05) is 0 Å². The van der Waals surface area contributed by atoms with Crippen LogP contribution < -0.4 is 5.32 Å². The summed E-state index contributed by atoms with van der Waals surface area (Å²) in [5.74, 6) is -0.436. The normalized spacial score (nSPS) is 15.0. The van der Waals surface area contributed by atoms with Crippen LogP contribution in [0.15, 0.2) is 48.5 Å². The zero-order chi connectivity index (χ0) is 20.1. The van der Waals surface area contributed by atoms with Crippen molar-refractivity contribution in [2.75, 3.05) is 18.4 Å². The van der Waals surface area contributed by atoms with Gasteiger partial charge in [0, 0.05) is 25.1 Å². The maximum absolute atomic E-state index is 12.4. The first-order valence-corrected chi connectivity index (χ1v) is 9.71. The first kappa shape index (κ1) is 20.2. The monoisotopic (exact) mass is 418 g/mol. The Labute approximate surface area is 173 Å². The zero-order valence-corrected chi connectivity index (χ0v) is 16.6. The molecule has 146 valence electrons. The number of hydrogen-bond acceptors (Lipinski definition) is 3. The van der Waals surface area contributed by atoms with Crippen LogP contribution in [-0.2, 0) is 9.59 Å². The number of piperidine rings is 1. The van der Waals surface area contributed by atoms with E-state index in [4.69, 9.17) is 23.2 Å². The van der Waals surface area contributed by atoms with Crippen LogP contribution >= 0.6 is 23.2 Å². The number of carbonyl (C=O) groups is 2. The summed E-state index contributed by atoms with van der Waals surface area (Å²) in [6.45, 7) is 0.983. The van der Waals surface area contributed by atoms with Crippen molar-refractivity contribution in [3.63, 3.8) is 0 Å². The van der Waals surface area contributed by atoms with Crippen molar-refractivity contribution in [3.8, 4) is 5.75 Å². The summed E-state index contributed by atoms with van der Waals surface area (Å²) >= 11 is 12.1. The summed E-state index contributed by atoms with van der Waals surface area (Å²) in [6, 6.07) is 11.9. The average molecular weight is 419 g/mol. The van der Waals surface area contributed by atoms with Crippen LogP contribution in [0.2, 0.25) is 10.0 Å².